The zero-order valence-corrected chi connectivity index (χ0v) is 13.3. The number of aliphatic hydroxyl groups is 1. The summed E-state index contributed by atoms with van der Waals surface area (Å²) >= 11 is 0. The van der Waals surface area contributed by atoms with Crippen LogP contribution in [-0.2, 0) is 6.42 Å². The van der Waals surface area contributed by atoms with Crippen molar-refractivity contribution in [2.75, 3.05) is 26.8 Å². The summed E-state index contributed by atoms with van der Waals surface area (Å²) in [5.74, 6) is 0.838. The van der Waals surface area contributed by atoms with Crippen LogP contribution in [0, 0.1) is 0 Å². The number of carbonyl (C=O) groups excluding carboxylic acids is 1. The van der Waals surface area contributed by atoms with E-state index in [4.69, 9.17) is 9.84 Å². The van der Waals surface area contributed by atoms with E-state index in [0.29, 0.717) is 19.1 Å². The molecule has 0 saturated heterocycles. The first kappa shape index (κ1) is 15.7. The number of amides is 2. The first-order valence-corrected chi connectivity index (χ1v) is 8.03. The molecule has 2 amide bonds. The number of nitrogens with zero attached hydrogens (tertiary/aromatic N) is 1. The van der Waals surface area contributed by atoms with Gasteiger partial charge in [-0.3, -0.25) is 0 Å². The summed E-state index contributed by atoms with van der Waals surface area (Å²) in [6.07, 6.45) is 4.76. The third kappa shape index (κ3) is 3.42. The van der Waals surface area contributed by atoms with E-state index < -0.39 is 0 Å². The first-order chi connectivity index (χ1) is 11.2. The molecular weight excluding hydrogens is 294 g/mol. The summed E-state index contributed by atoms with van der Waals surface area (Å²) in [5.41, 5.74) is 2.16. The van der Waals surface area contributed by atoms with Gasteiger partial charge in [0, 0.05) is 36.2 Å². The molecule has 0 unspecified atom stereocenters. The van der Waals surface area contributed by atoms with Crippen molar-refractivity contribution < 1.29 is 14.6 Å². The average molecular weight is 317 g/mol. The molecule has 0 atom stereocenters. The topological polar surface area (TPSA) is 77.6 Å². The van der Waals surface area contributed by atoms with Crippen LogP contribution in [0.4, 0.5) is 4.79 Å². The molecule has 6 heteroatoms. The number of aromatic amines is 1. The number of nitrogens with one attached hydrogen (secondary N) is 2. The van der Waals surface area contributed by atoms with Gasteiger partial charge in [0.05, 0.1) is 13.7 Å². The monoisotopic (exact) mass is 317 g/mol. The molecule has 0 bridgehead atoms. The lowest BCUT2D eigenvalue weighted by Crippen LogP contribution is -2.43. The van der Waals surface area contributed by atoms with Crippen molar-refractivity contribution in [1.29, 1.82) is 0 Å². The van der Waals surface area contributed by atoms with Crippen molar-refractivity contribution in [3.8, 4) is 5.75 Å². The molecule has 1 aliphatic carbocycles. The second-order valence-corrected chi connectivity index (χ2v) is 5.83. The standard InChI is InChI=1S/C17H23N3O3/c1-23-15-4-2-3-14-16(15)12(11-19-14)7-8-18-17(22)20(9-10-21)13-5-6-13/h2-4,11,13,19,21H,5-10H2,1H3,(H,18,22). The number of aliphatic hydroxyl groups excluding tert-OH is 1. The van der Waals surface area contributed by atoms with Crippen molar-refractivity contribution >= 4 is 16.9 Å². The van der Waals surface area contributed by atoms with Gasteiger partial charge in [-0.15, -0.1) is 0 Å². The number of methoxy groups -OCH3 is 1. The smallest absolute Gasteiger partial charge is 0.317 e. The number of benzene rings is 1. The lowest BCUT2D eigenvalue weighted by atomic mass is 10.1. The van der Waals surface area contributed by atoms with E-state index >= 15 is 0 Å². The van der Waals surface area contributed by atoms with Gasteiger partial charge in [-0.25, -0.2) is 4.79 Å². The third-order valence-electron chi connectivity index (χ3n) is 4.23. The lowest BCUT2D eigenvalue weighted by Gasteiger charge is -2.21. The van der Waals surface area contributed by atoms with Crippen LogP contribution in [0.25, 0.3) is 10.9 Å². The van der Waals surface area contributed by atoms with Crippen molar-refractivity contribution in [1.82, 2.24) is 15.2 Å². The number of ether oxygens (including phenoxy) is 1. The van der Waals surface area contributed by atoms with E-state index in [1.165, 1.54) is 0 Å². The Morgan fingerprint density at radius 3 is 3.00 bits per heavy atom. The number of carbonyl (C=O) groups is 1. The van der Waals surface area contributed by atoms with Gasteiger partial charge in [0.1, 0.15) is 5.75 Å². The highest BCUT2D eigenvalue weighted by Crippen LogP contribution is 2.29. The second kappa shape index (κ2) is 6.91. The molecule has 0 aliphatic heterocycles. The molecule has 1 heterocycles. The Balaban J connectivity index is 1.61. The quantitative estimate of drug-likeness (QED) is 0.730. The number of hydrogen-bond acceptors (Lipinski definition) is 3. The molecule has 6 nitrogen and oxygen atoms in total. The summed E-state index contributed by atoms with van der Waals surface area (Å²) in [6, 6.07) is 6.11. The Labute approximate surface area is 135 Å². The van der Waals surface area contributed by atoms with E-state index in [2.05, 4.69) is 10.3 Å². The van der Waals surface area contributed by atoms with Crippen LogP contribution >= 0.6 is 0 Å². The number of aromatic nitrogens is 1. The summed E-state index contributed by atoms with van der Waals surface area (Å²) in [4.78, 5) is 17.2. The Morgan fingerprint density at radius 1 is 1.48 bits per heavy atom. The summed E-state index contributed by atoms with van der Waals surface area (Å²) in [7, 11) is 1.66. The van der Waals surface area contributed by atoms with Crippen LogP contribution in [0.1, 0.15) is 18.4 Å². The van der Waals surface area contributed by atoms with Gasteiger partial charge >= 0.3 is 6.03 Å². The van der Waals surface area contributed by atoms with Crippen LogP contribution < -0.4 is 10.1 Å². The minimum atomic E-state index is -0.0895. The number of fused-ring (bicyclic) bond motifs is 1. The molecule has 1 aromatic carbocycles. The molecule has 0 radical (unpaired) electrons. The fourth-order valence-corrected chi connectivity index (χ4v) is 2.94. The molecule has 3 N–H and O–H groups in total. The van der Waals surface area contributed by atoms with Crippen LogP contribution in [0.5, 0.6) is 5.75 Å². The molecular formula is C17H23N3O3. The molecule has 1 aliphatic rings. The minimum Gasteiger partial charge on any atom is -0.496 e. The lowest BCUT2D eigenvalue weighted by molar-refractivity contribution is 0.174. The summed E-state index contributed by atoms with van der Waals surface area (Å²) in [5, 5.41) is 13.1. The highest BCUT2D eigenvalue weighted by molar-refractivity contribution is 5.89. The molecule has 23 heavy (non-hydrogen) atoms. The van der Waals surface area contributed by atoms with Gasteiger partial charge in [-0.1, -0.05) is 6.07 Å². The summed E-state index contributed by atoms with van der Waals surface area (Å²) < 4.78 is 5.42. The van der Waals surface area contributed by atoms with E-state index in [-0.39, 0.29) is 12.6 Å². The predicted molar refractivity (Wildman–Crippen MR) is 88.8 cm³/mol. The van der Waals surface area contributed by atoms with Gasteiger partial charge in [-0.2, -0.15) is 0 Å². The Kier molecular flexibility index (Phi) is 4.71. The molecule has 1 fully saturated rings. The fourth-order valence-electron chi connectivity index (χ4n) is 2.94. The maximum absolute atomic E-state index is 12.2. The Morgan fingerprint density at radius 2 is 2.30 bits per heavy atom. The number of rotatable bonds is 7. The predicted octanol–water partition coefficient (Wildman–Crippen LogP) is 1.89. The Hall–Kier alpha value is -2.21. The maximum atomic E-state index is 12.2. The van der Waals surface area contributed by atoms with Crippen LogP contribution in [0.15, 0.2) is 24.4 Å². The molecule has 1 saturated carbocycles. The van der Waals surface area contributed by atoms with E-state index in [0.717, 1.165) is 41.5 Å². The van der Waals surface area contributed by atoms with Gasteiger partial charge < -0.3 is 25.0 Å². The summed E-state index contributed by atoms with van der Waals surface area (Å²) in [6.45, 7) is 0.958. The minimum absolute atomic E-state index is 0.00354. The van der Waals surface area contributed by atoms with Gasteiger partial charge in [-0.05, 0) is 37.0 Å². The molecule has 1 aromatic heterocycles. The average Bonchev–Trinajstić information content (AvgIpc) is 3.32. The van der Waals surface area contributed by atoms with E-state index in [1.54, 1.807) is 12.0 Å². The van der Waals surface area contributed by atoms with Gasteiger partial charge in [0.2, 0.25) is 0 Å². The van der Waals surface area contributed by atoms with Crippen molar-refractivity contribution in [3.05, 3.63) is 30.0 Å². The van der Waals surface area contributed by atoms with E-state index in [9.17, 15) is 4.79 Å². The molecule has 124 valence electrons. The van der Waals surface area contributed by atoms with E-state index in [1.807, 2.05) is 24.4 Å². The Bertz CT molecular complexity index is 679. The molecule has 0 spiro atoms. The zero-order chi connectivity index (χ0) is 16.2. The fraction of sp³-hybridized carbons (Fsp3) is 0.471. The van der Waals surface area contributed by atoms with Gasteiger partial charge in [0.15, 0.2) is 0 Å². The second-order valence-electron chi connectivity index (χ2n) is 5.83. The molecule has 2 aromatic rings. The number of H-pyrrole nitrogens is 1. The third-order valence-corrected chi connectivity index (χ3v) is 4.23. The van der Waals surface area contributed by atoms with Crippen LogP contribution in [0.2, 0.25) is 0 Å². The number of urea groups is 1. The van der Waals surface area contributed by atoms with Crippen molar-refractivity contribution in [2.24, 2.45) is 0 Å². The zero-order valence-electron chi connectivity index (χ0n) is 13.3. The normalized spacial score (nSPS) is 14.0. The van der Waals surface area contributed by atoms with Crippen LogP contribution in [0.3, 0.4) is 0 Å². The van der Waals surface area contributed by atoms with Crippen molar-refractivity contribution in [3.63, 3.8) is 0 Å². The van der Waals surface area contributed by atoms with Gasteiger partial charge in [0.25, 0.3) is 0 Å². The van der Waals surface area contributed by atoms with Crippen molar-refractivity contribution in [2.45, 2.75) is 25.3 Å². The largest absolute Gasteiger partial charge is 0.496 e. The molecule has 3 rings (SSSR count). The maximum Gasteiger partial charge on any atom is 0.317 e. The highest BCUT2D eigenvalue weighted by Gasteiger charge is 2.31. The SMILES string of the molecule is COc1cccc2[nH]cc(CCNC(=O)N(CCO)C3CC3)c12. The van der Waals surface area contributed by atoms with Crippen LogP contribution in [-0.4, -0.2) is 53.9 Å². The number of hydrogen-bond donors (Lipinski definition) is 3. The first-order valence-electron chi connectivity index (χ1n) is 8.03. The highest BCUT2D eigenvalue weighted by atomic mass is 16.5.